The number of anilines is 1. The van der Waals surface area contributed by atoms with E-state index in [0.717, 1.165) is 0 Å². The summed E-state index contributed by atoms with van der Waals surface area (Å²) in [6, 6.07) is 6.48. The van der Waals surface area contributed by atoms with E-state index in [1.54, 1.807) is 31.3 Å². The van der Waals surface area contributed by atoms with E-state index in [0.29, 0.717) is 37.2 Å². The van der Waals surface area contributed by atoms with Crippen LogP contribution in [-0.2, 0) is 14.8 Å². The van der Waals surface area contributed by atoms with Gasteiger partial charge in [-0.25, -0.2) is 12.7 Å². The Bertz CT molecular complexity index is 753. The molecule has 0 radical (unpaired) electrons. The number of hydrogen-bond acceptors (Lipinski definition) is 5. The van der Waals surface area contributed by atoms with Gasteiger partial charge in [-0.1, -0.05) is 0 Å². The van der Waals surface area contributed by atoms with Gasteiger partial charge in [-0.15, -0.1) is 0 Å². The number of rotatable bonds is 6. The first-order valence-corrected chi connectivity index (χ1v) is 10.5. The highest BCUT2D eigenvalue weighted by molar-refractivity contribution is 7.88. The number of carbonyl (C=O) groups excluding carboxylic acids is 2. The molecule has 1 N–H and O–H groups in total. The third-order valence-corrected chi connectivity index (χ3v) is 6.37. The third-order valence-electron chi connectivity index (χ3n) is 5.02. The fourth-order valence-corrected chi connectivity index (χ4v) is 3.86. The number of likely N-dealkylation sites (tertiary alicyclic amines) is 1. The summed E-state index contributed by atoms with van der Waals surface area (Å²) in [6.45, 7) is 4.69. The normalized spacial score (nSPS) is 17.9. The van der Waals surface area contributed by atoms with Crippen molar-refractivity contribution >= 4 is 27.4 Å². The molecule has 1 aliphatic rings. The van der Waals surface area contributed by atoms with E-state index in [9.17, 15) is 18.0 Å². The second-order valence-corrected chi connectivity index (χ2v) is 8.89. The van der Waals surface area contributed by atoms with Gasteiger partial charge < -0.3 is 5.32 Å². The van der Waals surface area contributed by atoms with Crippen molar-refractivity contribution in [3.63, 3.8) is 0 Å². The fourth-order valence-electron chi connectivity index (χ4n) is 3.11. The van der Waals surface area contributed by atoms with E-state index in [4.69, 9.17) is 0 Å². The largest absolute Gasteiger partial charge is 0.325 e. The molecule has 1 unspecified atom stereocenters. The van der Waals surface area contributed by atoms with Gasteiger partial charge in [-0.3, -0.25) is 14.5 Å². The van der Waals surface area contributed by atoms with Crippen LogP contribution in [0.3, 0.4) is 0 Å². The number of sulfonamides is 1. The number of ketones is 1. The monoisotopic (exact) mass is 381 g/mol. The van der Waals surface area contributed by atoms with Gasteiger partial charge >= 0.3 is 0 Å². The van der Waals surface area contributed by atoms with E-state index >= 15 is 0 Å². The summed E-state index contributed by atoms with van der Waals surface area (Å²) < 4.78 is 24.7. The topological polar surface area (TPSA) is 86.8 Å². The van der Waals surface area contributed by atoms with Crippen molar-refractivity contribution in [3.05, 3.63) is 29.8 Å². The summed E-state index contributed by atoms with van der Waals surface area (Å²) in [6.07, 6.45) is 2.62. The minimum atomic E-state index is -3.20. The molecule has 1 saturated heterocycles. The average molecular weight is 381 g/mol. The molecule has 1 atom stereocenters. The van der Waals surface area contributed by atoms with Crippen molar-refractivity contribution in [1.29, 1.82) is 0 Å². The van der Waals surface area contributed by atoms with Crippen LogP contribution >= 0.6 is 0 Å². The van der Waals surface area contributed by atoms with Gasteiger partial charge in [0.15, 0.2) is 5.78 Å². The lowest BCUT2D eigenvalue weighted by Crippen LogP contribution is -2.50. The highest BCUT2D eigenvalue weighted by Gasteiger charge is 2.30. The van der Waals surface area contributed by atoms with Crippen molar-refractivity contribution in [2.45, 2.75) is 38.8 Å². The van der Waals surface area contributed by atoms with Crippen LogP contribution in [0.5, 0.6) is 0 Å². The van der Waals surface area contributed by atoms with E-state index in [1.807, 2.05) is 6.92 Å². The minimum absolute atomic E-state index is 0.0156. The number of hydrogen-bond donors (Lipinski definition) is 1. The summed E-state index contributed by atoms with van der Waals surface area (Å²) in [5.41, 5.74) is 1.26. The van der Waals surface area contributed by atoms with Crippen LogP contribution in [0, 0.1) is 0 Å². The predicted molar refractivity (Wildman–Crippen MR) is 102 cm³/mol. The maximum absolute atomic E-state index is 12.5. The van der Waals surface area contributed by atoms with Crippen molar-refractivity contribution < 1.29 is 18.0 Å². The molecule has 26 heavy (non-hydrogen) atoms. The quantitative estimate of drug-likeness (QED) is 0.756. The number of carbonyl (C=O) groups is 2. The first-order valence-electron chi connectivity index (χ1n) is 8.68. The maximum atomic E-state index is 12.5. The summed E-state index contributed by atoms with van der Waals surface area (Å²) in [5.74, 6) is -0.131. The summed E-state index contributed by atoms with van der Waals surface area (Å²) in [5, 5.41) is 2.87. The molecule has 1 aromatic carbocycles. The zero-order valence-electron chi connectivity index (χ0n) is 15.7. The van der Waals surface area contributed by atoms with Crippen molar-refractivity contribution in [1.82, 2.24) is 9.21 Å². The van der Waals surface area contributed by atoms with E-state index in [-0.39, 0.29) is 23.8 Å². The molecule has 1 aromatic rings. The van der Waals surface area contributed by atoms with Crippen molar-refractivity contribution in [2.24, 2.45) is 0 Å². The molecule has 0 aromatic heterocycles. The first-order chi connectivity index (χ1) is 12.1. The average Bonchev–Trinajstić information content (AvgIpc) is 2.60. The van der Waals surface area contributed by atoms with Gasteiger partial charge in [-0.2, -0.15) is 0 Å². The van der Waals surface area contributed by atoms with Gasteiger partial charge in [0, 0.05) is 37.4 Å². The van der Waals surface area contributed by atoms with Crippen LogP contribution in [0.1, 0.15) is 37.0 Å². The Morgan fingerprint density at radius 1 is 1.19 bits per heavy atom. The van der Waals surface area contributed by atoms with E-state index < -0.39 is 10.0 Å². The zero-order valence-corrected chi connectivity index (χ0v) is 16.5. The minimum Gasteiger partial charge on any atom is -0.325 e. The molecular formula is C18H27N3O4S. The van der Waals surface area contributed by atoms with Crippen LogP contribution in [-0.4, -0.2) is 67.8 Å². The molecule has 0 spiro atoms. The highest BCUT2D eigenvalue weighted by atomic mass is 32.2. The zero-order chi connectivity index (χ0) is 19.5. The van der Waals surface area contributed by atoms with Crippen LogP contribution < -0.4 is 5.32 Å². The number of nitrogens with one attached hydrogen (secondary N) is 1. The van der Waals surface area contributed by atoms with E-state index in [2.05, 4.69) is 10.2 Å². The Balaban J connectivity index is 1.90. The maximum Gasteiger partial charge on any atom is 0.241 e. The fraction of sp³-hybridized carbons (Fsp3) is 0.556. The standard InChI is InChI=1S/C18H27N3O4S/c1-13(18(23)19-16-7-5-15(6-8-16)14(2)22)21-11-9-17(10-12-21)20(3)26(4,24)25/h5-8,13,17H,9-12H2,1-4H3,(H,19,23). The molecule has 0 saturated carbocycles. The van der Waals surface area contributed by atoms with Gasteiger partial charge in [0.05, 0.1) is 12.3 Å². The lowest BCUT2D eigenvalue weighted by molar-refractivity contribution is -0.121. The molecule has 8 heteroatoms. The van der Waals surface area contributed by atoms with Gasteiger partial charge in [0.25, 0.3) is 0 Å². The molecule has 1 aliphatic heterocycles. The van der Waals surface area contributed by atoms with Crippen LogP contribution in [0.2, 0.25) is 0 Å². The molecule has 7 nitrogen and oxygen atoms in total. The summed E-state index contributed by atoms with van der Waals surface area (Å²) >= 11 is 0. The molecule has 2 rings (SSSR count). The third kappa shape index (κ3) is 5.12. The lowest BCUT2D eigenvalue weighted by atomic mass is 10.0. The Kier molecular flexibility index (Phi) is 6.54. The first kappa shape index (κ1) is 20.5. The lowest BCUT2D eigenvalue weighted by Gasteiger charge is -2.38. The second-order valence-electron chi connectivity index (χ2n) is 6.85. The molecule has 144 valence electrons. The Hall–Kier alpha value is -1.77. The summed E-state index contributed by atoms with van der Waals surface area (Å²) in [7, 11) is -1.59. The second kappa shape index (κ2) is 8.28. The van der Waals surface area contributed by atoms with Crippen molar-refractivity contribution in [2.75, 3.05) is 31.7 Å². The molecule has 1 fully saturated rings. The van der Waals surface area contributed by atoms with Gasteiger partial charge in [-0.05, 0) is 51.0 Å². The van der Waals surface area contributed by atoms with Gasteiger partial charge in [0.2, 0.25) is 15.9 Å². The van der Waals surface area contributed by atoms with Crippen LogP contribution in [0.4, 0.5) is 5.69 Å². The predicted octanol–water partition coefficient (Wildman–Crippen LogP) is 1.57. The highest BCUT2D eigenvalue weighted by Crippen LogP contribution is 2.20. The van der Waals surface area contributed by atoms with Gasteiger partial charge in [0.1, 0.15) is 0 Å². The SMILES string of the molecule is CC(=O)c1ccc(NC(=O)C(C)N2CCC(N(C)S(C)(=O)=O)CC2)cc1. The Labute approximate surface area is 155 Å². The van der Waals surface area contributed by atoms with Crippen LogP contribution in [0.15, 0.2) is 24.3 Å². The number of Topliss-reactive ketones (excluding diaryl/α,β-unsaturated/α-hetero) is 1. The Morgan fingerprint density at radius 3 is 2.19 bits per heavy atom. The van der Waals surface area contributed by atoms with E-state index in [1.165, 1.54) is 17.5 Å². The number of piperidine rings is 1. The Morgan fingerprint density at radius 2 is 1.73 bits per heavy atom. The molecule has 1 amide bonds. The van der Waals surface area contributed by atoms with Crippen molar-refractivity contribution in [3.8, 4) is 0 Å². The smallest absolute Gasteiger partial charge is 0.241 e. The molecule has 0 bridgehead atoms. The van der Waals surface area contributed by atoms with Crippen LogP contribution in [0.25, 0.3) is 0 Å². The molecular weight excluding hydrogens is 354 g/mol. The summed E-state index contributed by atoms with van der Waals surface area (Å²) in [4.78, 5) is 25.8. The molecule has 1 heterocycles. The number of nitrogens with zero attached hydrogens (tertiary/aromatic N) is 2. The number of benzene rings is 1. The molecule has 0 aliphatic carbocycles. The number of amides is 1.